The van der Waals surface area contributed by atoms with Gasteiger partial charge in [0.1, 0.15) is 23.0 Å². The lowest BCUT2D eigenvalue weighted by Gasteiger charge is -2.08. The summed E-state index contributed by atoms with van der Waals surface area (Å²) in [6.45, 7) is 0. The van der Waals surface area contributed by atoms with Crippen molar-refractivity contribution in [3.63, 3.8) is 0 Å². The fraction of sp³-hybridized carbons (Fsp3) is 0. The molecule has 0 unspecified atom stereocenters. The molecular weight excluding hydrogens is 444 g/mol. The van der Waals surface area contributed by atoms with Crippen LogP contribution in [0.1, 0.15) is 0 Å². The molecule has 0 aliphatic carbocycles. The minimum absolute atomic E-state index is 0.0300. The molecule has 0 fully saturated rings. The van der Waals surface area contributed by atoms with Crippen LogP contribution < -0.4 is 9.47 Å². The Hall–Kier alpha value is -4.37. The lowest BCUT2D eigenvalue weighted by molar-refractivity contribution is -0.385. The van der Waals surface area contributed by atoms with E-state index in [1.807, 2.05) is 24.3 Å². The van der Waals surface area contributed by atoms with Crippen LogP contribution in [0.4, 0.5) is 11.4 Å². The molecule has 0 bridgehead atoms. The fourth-order valence-electron chi connectivity index (χ4n) is 2.88. The van der Waals surface area contributed by atoms with Gasteiger partial charge in [-0.05, 0) is 60.7 Å². The van der Waals surface area contributed by atoms with Crippen molar-refractivity contribution in [2.45, 2.75) is 9.79 Å². The molecule has 0 aliphatic heterocycles. The molecule has 164 valence electrons. The van der Waals surface area contributed by atoms with Gasteiger partial charge in [-0.25, -0.2) is 0 Å². The maximum atomic E-state index is 10.9. The van der Waals surface area contributed by atoms with E-state index < -0.39 is 9.85 Å². The molecule has 4 rings (SSSR count). The summed E-state index contributed by atoms with van der Waals surface area (Å²) in [6, 6.07) is 26.8. The highest BCUT2D eigenvalue weighted by Crippen LogP contribution is 2.33. The molecule has 0 spiro atoms. The van der Waals surface area contributed by atoms with Crippen molar-refractivity contribution in [3.05, 3.63) is 117 Å². The Morgan fingerprint density at radius 1 is 0.545 bits per heavy atom. The van der Waals surface area contributed by atoms with Crippen LogP contribution >= 0.6 is 11.8 Å². The molecule has 9 heteroatoms. The molecule has 0 N–H and O–H groups in total. The Kier molecular flexibility index (Phi) is 6.51. The maximum Gasteiger partial charge on any atom is 0.273 e. The second-order valence-electron chi connectivity index (χ2n) is 6.76. The molecule has 4 aromatic carbocycles. The van der Waals surface area contributed by atoms with E-state index in [2.05, 4.69) is 0 Å². The average molecular weight is 460 g/mol. The number of nitrogens with zero attached hydrogens (tertiary/aromatic N) is 2. The van der Waals surface area contributed by atoms with Gasteiger partial charge in [0, 0.05) is 21.9 Å². The van der Waals surface area contributed by atoms with Crippen molar-refractivity contribution in [2.75, 3.05) is 0 Å². The van der Waals surface area contributed by atoms with Crippen molar-refractivity contribution in [3.8, 4) is 23.0 Å². The molecule has 8 nitrogen and oxygen atoms in total. The van der Waals surface area contributed by atoms with Crippen molar-refractivity contribution < 1.29 is 19.3 Å². The van der Waals surface area contributed by atoms with Gasteiger partial charge in [-0.3, -0.25) is 20.2 Å². The summed E-state index contributed by atoms with van der Waals surface area (Å²) in [5, 5.41) is 21.8. The van der Waals surface area contributed by atoms with Crippen LogP contribution in [0, 0.1) is 20.2 Å². The van der Waals surface area contributed by atoms with E-state index in [-0.39, 0.29) is 11.4 Å². The van der Waals surface area contributed by atoms with Gasteiger partial charge in [-0.1, -0.05) is 23.9 Å². The molecule has 0 aromatic heterocycles. The molecular formula is C24H16N2O6S. The highest BCUT2D eigenvalue weighted by atomic mass is 32.2. The van der Waals surface area contributed by atoms with Gasteiger partial charge in [0.15, 0.2) is 0 Å². The quantitative estimate of drug-likeness (QED) is 0.202. The van der Waals surface area contributed by atoms with Crippen LogP contribution in [0.3, 0.4) is 0 Å². The number of hydrogen-bond acceptors (Lipinski definition) is 7. The molecule has 33 heavy (non-hydrogen) atoms. The van der Waals surface area contributed by atoms with Crippen molar-refractivity contribution in [1.29, 1.82) is 0 Å². The van der Waals surface area contributed by atoms with E-state index in [1.165, 1.54) is 24.3 Å². The fourth-order valence-corrected chi connectivity index (χ4v) is 3.70. The van der Waals surface area contributed by atoms with Gasteiger partial charge < -0.3 is 9.47 Å². The SMILES string of the molecule is O=[N+]([O-])c1cccc(Oc2ccc(Sc3ccc(Oc4cccc([N+](=O)[O-])c4)cc3)cc2)c1. The predicted octanol–water partition coefficient (Wildman–Crippen LogP) is 7.24. The summed E-state index contributed by atoms with van der Waals surface area (Å²) in [5.74, 6) is 1.92. The lowest BCUT2D eigenvalue weighted by Crippen LogP contribution is -1.89. The van der Waals surface area contributed by atoms with E-state index in [0.717, 1.165) is 9.79 Å². The van der Waals surface area contributed by atoms with Crippen LogP contribution in [-0.4, -0.2) is 9.85 Å². The first kappa shape index (κ1) is 21.8. The Balaban J connectivity index is 1.37. The molecule has 0 saturated carbocycles. The summed E-state index contributed by atoms with van der Waals surface area (Å²) in [5.41, 5.74) is -0.0600. The molecule has 0 heterocycles. The number of non-ortho nitro benzene ring substituents is 2. The number of hydrogen-bond donors (Lipinski definition) is 0. The molecule has 0 amide bonds. The van der Waals surface area contributed by atoms with E-state index in [0.29, 0.717) is 23.0 Å². The standard InChI is InChI=1S/C24H16N2O6S/c27-25(28)17-3-1-5-21(15-17)31-19-7-11-23(12-8-19)33-24-13-9-20(10-14-24)32-22-6-2-4-18(16-22)26(29)30/h1-16H. The Labute approximate surface area is 192 Å². The third-order valence-electron chi connectivity index (χ3n) is 4.41. The third-order valence-corrected chi connectivity index (χ3v) is 5.43. The van der Waals surface area contributed by atoms with Crippen LogP contribution in [0.5, 0.6) is 23.0 Å². The Morgan fingerprint density at radius 3 is 1.30 bits per heavy atom. The van der Waals surface area contributed by atoms with Gasteiger partial charge in [0.25, 0.3) is 11.4 Å². The summed E-state index contributed by atoms with van der Waals surface area (Å²) < 4.78 is 11.4. The van der Waals surface area contributed by atoms with Crippen molar-refractivity contribution in [1.82, 2.24) is 0 Å². The van der Waals surface area contributed by atoms with E-state index in [4.69, 9.17) is 9.47 Å². The first-order valence-corrected chi connectivity index (χ1v) is 10.5. The van der Waals surface area contributed by atoms with Crippen molar-refractivity contribution >= 4 is 23.1 Å². The van der Waals surface area contributed by atoms with Crippen LogP contribution in [-0.2, 0) is 0 Å². The zero-order chi connectivity index (χ0) is 23.2. The molecule has 0 radical (unpaired) electrons. The number of nitro groups is 2. The summed E-state index contributed by atoms with van der Waals surface area (Å²) in [6.07, 6.45) is 0. The minimum atomic E-state index is -0.466. The second-order valence-corrected chi connectivity index (χ2v) is 7.90. The van der Waals surface area contributed by atoms with Crippen LogP contribution in [0.15, 0.2) is 107 Å². The molecule has 0 saturated heterocycles. The van der Waals surface area contributed by atoms with E-state index >= 15 is 0 Å². The highest BCUT2D eigenvalue weighted by Gasteiger charge is 2.09. The Bertz CT molecular complexity index is 1190. The van der Waals surface area contributed by atoms with Crippen LogP contribution in [0.25, 0.3) is 0 Å². The zero-order valence-electron chi connectivity index (χ0n) is 17.0. The molecule has 4 aromatic rings. The minimum Gasteiger partial charge on any atom is -0.457 e. The largest absolute Gasteiger partial charge is 0.457 e. The number of benzene rings is 4. The number of ether oxygens (including phenoxy) is 2. The van der Waals surface area contributed by atoms with Gasteiger partial charge in [-0.2, -0.15) is 0 Å². The number of nitro benzene ring substituents is 2. The number of rotatable bonds is 8. The van der Waals surface area contributed by atoms with E-state index in [1.54, 1.807) is 60.3 Å². The smallest absolute Gasteiger partial charge is 0.273 e. The van der Waals surface area contributed by atoms with Gasteiger partial charge in [0.05, 0.1) is 22.0 Å². The lowest BCUT2D eigenvalue weighted by atomic mass is 10.3. The average Bonchev–Trinajstić information content (AvgIpc) is 2.82. The topological polar surface area (TPSA) is 105 Å². The summed E-state index contributed by atoms with van der Waals surface area (Å²) in [4.78, 5) is 22.8. The second kappa shape index (κ2) is 9.84. The highest BCUT2D eigenvalue weighted by molar-refractivity contribution is 7.99. The van der Waals surface area contributed by atoms with Crippen molar-refractivity contribution in [2.24, 2.45) is 0 Å². The molecule has 0 atom stereocenters. The normalized spacial score (nSPS) is 10.4. The first-order valence-electron chi connectivity index (χ1n) is 9.69. The summed E-state index contributed by atoms with van der Waals surface area (Å²) >= 11 is 1.54. The van der Waals surface area contributed by atoms with Crippen LogP contribution in [0.2, 0.25) is 0 Å². The first-order chi connectivity index (χ1) is 16.0. The van der Waals surface area contributed by atoms with E-state index in [9.17, 15) is 20.2 Å². The van der Waals surface area contributed by atoms with Gasteiger partial charge in [-0.15, -0.1) is 0 Å². The monoisotopic (exact) mass is 460 g/mol. The molecule has 0 aliphatic rings. The summed E-state index contributed by atoms with van der Waals surface area (Å²) in [7, 11) is 0. The zero-order valence-corrected chi connectivity index (χ0v) is 17.8. The van der Waals surface area contributed by atoms with Gasteiger partial charge in [0.2, 0.25) is 0 Å². The van der Waals surface area contributed by atoms with Gasteiger partial charge >= 0.3 is 0 Å². The maximum absolute atomic E-state index is 10.9. The third kappa shape index (κ3) is 5.86. The predicted molar refractivity (Wildman–Crippen MR) is 123 cm³/mol. The Morgan fingerprint density at radius 2 is 0.939 bits per heavy atom.